The Balaban J connectivity index is 2.31. The van der Waals surface area contributed by atoms with Gasteiger partial charge in [0.1, 0.15) is 0 Å². The Morgan fingerprint density at radius 2 is 1.82 bits per heavy atom. The zero-order valence-electron chi connectivity index (χ0n) is 11.3. The van der Waals surface area contributed by atoms with Crippen LogP contribution in [-0.4, -0.2) is 29.6 Å². The first-order valence-electron chi connectivity index (χ1n) is 6.43. The van der Waals surface area contributed by atoms with Crippen LogP contribution in [0.1, 0.15) is 31.4 Å². The molecule has 1 aromatic carbocycles. The summed E-state index contributed by atoms with van der Waals surface area (Å²) < 4.78 is 0. The molecule has 2 nitrogen and oxygen atoms in total. The van der Waals surface area contributed by atoms with Crippen LogP contribution in [0.25, 0.3) is 0 Å². The van der Waals surface area contributed by atoms with E-state index in [0.29, 0.717) is 6.04 Å². The molecule has 2 heteroatoms. The number of piperidine rings is 1. The van der Waals surface area contributed by atoms with E-state index in [2.05, 4.69) is 57.0 Å². The van der Waals surface area contributed by atoms with Crippen LogP contribution in [0.15, 0.2) is 24.3 Å². The van der Waals surface area contributed by atoms with Gasteiger partial charge in [-0.05, 0) is 32.9 Å². The lowest BCUT2D eigenvalue weighted by atomic mass is 9.74. The first kappa shape index (κ1) is 12.6. The molecule has 0 spiro atoms. The highest BCUT2D eigenvalue weighted by Gasteiger charge is 2.42. The van der Waals surface area contributed by atoms with E-state index < -0.39 is 5.60 Å². The highest BCUT2D eigenvalue weighted by Crippen LogP contribution is 2.39. The predicted octanol–water partition coefficient (Wildman–Crippen LogP) is 2.54. The maximum atomic E-state index is 11.0. The average Bonchev–Trinajstić information content (AvgIpc) is 2.27. The van der Waals surface area contributed by atoms with Gasteiger partial charge >= 0.3 is 0 Å². The fourth-order valence-corrected chi connectivity index (χ4v) is 2.81. The van der Waals surface area contributed by atoms with E-state index in [1.54, 1.807) is 0 Å². The lowest BCUT2D eigenvalue weighted by molar-refractivity contribution is -0.0843. The third kappa shape index (κ3) is 2.24. The van der Waals surface area contributed by atoms with Gasteiger partial charge in [0, 0.05) is 18.5 Å². The summed E-state index contributed by atoms with van der Waals surface area (Å²) in [5, 5.41) is 11.0. The zero-order chi connectivity index (χ0) is 12.6. The largest absolute Gasteiger partial charge is 0.385 e. The minimum absolute atomic E-state index is 0.270. The van der Waals surface area contributed by atoms with E-state index >= 15 is 0 Å². The predicted molar refractivity (Wildman–Crippen MR) is 70.9 cm³/mol. The molecule has 1 heterocycles. The van der Waals surface area contributed by atoms with Gasteiger partial charge in [-0.15, -0.1) is 0 Å². The van der Waals surface area contributed by atoms with Crippen LogP contribution < -0.4 is 0 Å². The third-order valence-electron chi connectivity index (χ3n) is 4.29. The fraction of sp³-hybridized carbons (Fsp3) is 0.600. The maximum Gasteiger partial charge on any atom is 0.0948 e. The Morgan fingerprint density at radius 1 is 1.24 bits per heavy atom. The van der Waals surface area contributed by atoms with Crippen LogP contribution in [0, 0.1) is 12.8 Å². The van der Waals surface area contributed by atoms with E-state index in [-0.39, 0.29) is 5.92 Å². The number of hydrogen-bond acceptors (Lipinski definition) is 2. The van der Waals surface area contributed by atoms with E-state index in [0.717, 1.165) is 18.5 Å². The highest BCUT2D eigenvalue weighted by atomic mass is 16.3. The second kappa shape index (κ2) is 4.43. The van der Waals surface area contributed by atoms with Crippen molar-refractivity contribution in [2.24, 2.45) is 5.92 Å². The number of aliphatic hydroxyl groups is 1. The van der Waals surface area contributed by atoms with Gasteiger partial charge in [0.25, 0.3) is 0 Å². The number of hydrogen-bond donors (Lipinski definition) is 1. The van der Waals surface area contributed by atoms with Crippen molar-refractivity contribution in [3.8, 4) is 0 Å². The number of benzene rings is 1. The molecule has 0 unspecified atom stereocenters. The van der Waals surface area contributed by atoms with Gasteiger partial charge in [-0.1, -0.05) is 36.8 Å². The summed E-state index contributed by atoms with van der Waals surface area (Å²) in [7, 11) is 2.13. The van der Waals surface area contributed by atoms with Gasteiger partial charge in [0.2, 0.25) is 0 Å². The van der Waals surface area contributed by atoms with Crippen LogP contribution in [0.4, 0.5) is 0 Å². The summed E-state index contributed by atoms with van der Waals surface area (Å²) in [6.45, 7) is 7.35. The van der Waals surface area contributed by atoms with Crippen LogP contribution in [0.2, 0.25) is 0 Å². The van der Waals surface area contributed by atoms with Crippen molar-refractivity contribution >= 4 is 0 Å². The summed E-state index contributed by atoms with van der Waals surface area (Å²) in [6, 6.07) is 8.75. The minimum Gasteiger partial charge on any atom is -0.385 e. The van der Waals surface area contributed by atoms with Crippen molar-refractivity contribution < 1.29 is 5.11 Å². The molecule has 2 rings (SSSR count). The summed E-state index contributed by atoms with van der Waals surface area (Å²) in [4.78, 5) is 2.33. The maximum absolute atomic E-state index is 11.0. The quantitative estimate of drug-likeness (QED) is 0.806. The first-order valence-corrected chi connectivity index (χ1v) is 6.43. The second-order valence-corrected chi connectivity index (χ2v) is 5.68. The Morgan fingerprint density at radius 3 is 2.41 bits per heavy atom. The molecule has 0 amide bonds. The fourth-order valence-electron chi connectivity index (χ4n) is 2.81. The molecule has 0 radical (unpaired) electrons. The topological polar surface area (TPSA) is 23.5 Å². The van der Waals surface area contributed by atoms with Crippen LogP contribution in [0.3, 0.4) is 0 Å². The Kier molecular flexibility index (Phi) is 3.28. The molecular formula is C15H23NO. The first-order chi connectivity index (χ1) is 7.93. The lowest BCUT2D eigenvalue weighted by Crippen LogP contribution is -2.51. The summed E-state index contributed by atoms with van der Waals surface area (Å²) in [6.07, 6.45) is 0.813. The summed E-state index contributed by atoms with van der Waals surface area (Å²) >= 11 is 0. The molecule has 94 valence electrons. The van der Waals surface area contributed by atoms with Gasteiger partial charge in [0.15, 0.2) is 0 Å². The van der Waals surface area contributed by atoms with Crippen LogP contribution >= 0.6 is 0 Å². The van der Waals surface area contributed by atoms with Crippen molar-refractivity contribution in [3.63, 3.8) is 0 Å². The lowest BCUT2D eigenvalue weighted by Gasteiger charge is -2.46. The van der Waals surface area contributed by atoms with E-state index in [1.165, 1.54) is 5.56 Å². The molecule has 1 N–H and O–H groups in total. The highest BCUT2D eigenvalue weighted by molar-refractivity contribution is 5.28. The van der Waals surface area contributed by atoms with Crippen molar-refractivity contribution in [3.05, 3.63) is 35.4 Å². The van der Waals surface area contributed by atoms with Crippen molar-refractivity contribution in [1.82, 2.24) is 4.90 Å². The van der Waals surface area contributed by atoms with Gasteiger partial charge in [-0.2, -0.15) is 0 Å². The van der Waals surface area contributed by atoms with Crippen molar-refractivity contribution in [2.75, 3.05) is 13.6 Å². The number of likely N-dealkylation sites (tertiary alicyclic amines) is 1. The molecule has 0 aromatic heterocycles. The van der Waals surface area contributed by atoms with E-state index in [4.69, 9.17) is 0 Å². The standard InChI is InChI=1S/C15H23NO/c1-11-5-7-14(8-6-11)15(17)9-13(3)16(4)10-12(15)2/h5-8,12-13,17H,9-10H2,1-4H3/t12-,13+,15-/m1/s1. The van der Waals surface area contributed by atoms with E-state index in [9.17, 15) is 5.11 Å². The second-order valence-electron chi connectivity index (χ2n) is 5.68. The summed E-state index contributed by atoms with van der Waals surface area (Å²) in [5.41, 5.74) is 1.64. The normalized spacial score (nSPS) is 34.9. The van der Waals surface area contributed by atoms with Gasteiger partial charge in [-0.25, -0.2) is 0 Å². The molecule has 0 aliphatic carbocycles. The number of nitrogens with zero attached hydrogens (tertiary/aromatic N) is 1. The molecule has 1 aromatic rings. The molecular weight excluding hydrogens is 210 g/mol. The Hall–Kier alpha value is -0.860. The molecule has 0 bridgehead atoms. The van der Waals surface area contributed by atoms with Gasteiger partial charge < -0.3 is 10.0 Å². The van der Waals surface area contributed by atoms with Crippen LogP contribution in [-0.2, 0) is 5.60 Å². The summed E-state index contributed by atoms with van der Waals surface area (Å²) in [5.74, 6) is 0.270. The number of aryl methyl sites for hydroxylation is 1. The van der Waals surface area contributed by atoms with Gasteiger partial charge in [0.05, 0.1) is 5.60 Å². The Labute approximate surface area is 104 Å². The number of rotatable bonds is 1. The van der Waals surface area contributed by atoms with Crippen molar-refractivity contribution in [2.45, 2.75) is 38.8 Å². The van der Waals surface area contributed by atoms with Crippen molar-refractivity contribution in [1.29, 1.82) is 0 Å². The molecule has 1 aliphatic heterocycles. The van der Waals surface area contributed by atoms with Crippen LogP contribution in [0.5, 0.6) is 0 Å². The molecule has 0 saturated carbocycles. The SMILES string of the molecule is Cc1ccc([C@@]2(O)C[C@H](C)N(C)C[C@H]2C)cc1. The smallest absolute Gasteiger partial charge is 0.0948 e. The average molecular weight is 233 g/mol. The molecule has 17 heavy (non-hydrogen) atoms. The molecule has 1 aliphatic rings. The molecule has 1 saturated heterocycles. The molecule has 1 fully saturated rings. The van der Waals surface area contributed by atoms with E-state index in [1.807, 2.05) is 0 Å². The van der Waals surface area contributed by atoms with Gasteiger partial charge in [-0.3, -0.25) is 0 Å². The monoisotopic (exact) mass is 233 g/mol. The molecule has 3 atom stereocenters. The zero-order valence-corrected chi connectivity index (χ0v) is 11.3. The third-order valence-corrected chi connectivity index (χ3v) is 4.29. The minimum atomic E-state index is -0.667. The Bertz CT molecular complexity index is 386.